The largest absolute Gasteiger partial charge is 0.392 e. The molecule has 0 aromatic heterocycles. The van der Waals surface area contributed by atoms with Crippen LogP contribution in [-0.2, 0) is 20.9 Å². The molecule has 3 fully saturated rings. The molecule has 47 heavy (non-hydrogen) atoms. The number of hydrogen-bond acceptors (Lipinski definition) is 6. The highest BCUT2D eigenvalue weighted by Gasteiger charge is 2.44. The van der Waals surface area contributed by atoms with Crippen molar-refractivity contribution in [3.05, 3.63) is 101 Å². The number of aliphatic hydroxyl groups excluding tert-OH is 1. The van der Waals surface area contributed by atoms with E-state index in [4.69, 9.17) is 9.47 Å². The summed E-state index contributed by atoms with van der Waals surface area (Å²) in [7, 11) is 0. The third-order valence-corrected chi connectivity index (χ3v) is 9.79. The van der Waals surface area contributed by atoms with E-state index >= 15 is 0 Å². The van der Waals surface area contributed by atoms with Gasteiger partial charge in [0.25, 0.3) is 5.91 Å². The number of fused-ring (bicyclic) bond motifs is 1. The summed E-state index contributed by atoms with van der Waals surface area (Å²) in [5, 5.41) is 15.9. The molecule has 6 atom stereocenters. The summed E-state index contributed by atoms with van der Waals surface area (Å²) >= 11 is 0. The molecule has 2 aliphatic heterocycles. The average Bonchev–Trinajstić information content (AvgIpc) is 3.08. The fourth-order valence-electron chi connectivity index (χ4n) is 7.55. The fraction of sp³-hybridized carbons (Fsp3) is 0.487. The quantitative estimate of drug-likeness (QED) is 0.248. The van der Waals surface area contributed by atoms with Gasteiger partial charge in [0.05, 0.1) is 24.9 Å². The van der Waals surface area contributed by atoms with Gasteiger partial charge in [0.2, 0.25) is 5.91 Å². The summed E-state index contributed by atoms with van der Waals surface area (Å²) in [6.07, 6.45) is 6.23. The van der Waals surface area contributed by atoms with Gasteiger partial charge >= 0.3 is 0 Å². The number of nitrogens with one attached hydrogen (secondary N) is 2. The Bertz CT molecular complexity index is 1500. The number of hydrogen-bond donors (Lipinski definition) is 3. The van der Waals surface area contributed by atoms with Gasteiger partial charge < -0.3 is 25.2 Å². The van der Waals surface area contributed by atoms with Crippen molar-refractivity contribution in [2.75, 3.05) is 11.9 Å². The Hall–Kier alpha value is -3.56. The number of nitrogens with zero attached hydrogens (tertiary/aromatic N) is 1. The van der Waals surface area contributed by atoms with Gasteiger partial charge in [-0.25, -0.2) is 0 Å². The van der Waals surface area contributed by atoms with Crippen LogP contribution in [-0.4, -0.2) is 52.1 Å². The van der Waals surface area contributed by atoms with Crippen molar-refractivity contribution < 1.29 is 24.2 Å². The molecule has 6 rings (SSSR count). The van der Waals surface area contributed by atoms with Gasteiger partial charge in [-0.05, 0) is 87.8 Å². The van der Waals surface area contributed by atoms with E-state index in [2.05, 4.69) is 15.5 Å². The zero-order valence-electron chi connectivity index (χ0n) is 27.9. The van der Waals surface area contributed by atoms with Crippen LogP contribution in [0.5, 0.6) is 0 Å². The standard InChI is InChI=1S/C39H49N3O5/c1-39(2,3)41-37(45)34-21-20-27-10-7-8-15-33(27)42(34)24-32-23-35(28-18-16-26(25-43)17-19-28)47-38(46-32)30-13-9-14-31(22-30)40-36(44)29-11-5-4-6-12-29/h4-6,9,11-14,16-19,22,27,32-35,38,43H,7-8,10,15,20-21,23-25H2,1-3H3,(H,40,44)(H,41,45). The first-order valence-corrected chi connectivity index (χ1v) is 17.2. The molecule has 2 amide bonds. The molecule has 0 radical (unpaired) electrons. The van der Waals surface area contributed by atoms with E-state index in [1.54, 1.807) is 12.1 Å². The number of amides is 2. The second kappa shape index (κ2) is 14.7. The summed E-state index contributed by atoms with van der Waals surface area (Å²) in [5.74, 6) is 0.521. The minimum absolute atomic E-state index is 0.0167. The molecule has 6 unspecified atom stereocenters. The lowest BCUT2D eigenvalue weighted by molar-refractivity contribution is -0.255. The number of likely N-dealkylation sites (tertiary alicyclic amines) is 1. The van der Waals surface area contributed by atoms with Crippen LogP contribution >= 0.6 is 0 Å². The fourth-order valence-corrected chi connectivity index (χ4v) is 7.55. The van der Waals surface area contributed by atoms with Crippen LogP contribution in [0.1, 0.15) is 105 Å². The monoisotopic (exact) mass is 639 g/mol. The molecule has 2 saturated heterocycles. The number of benzene rings is 3. The van der Waals surface area contributed by atoms with Gasteiger partial charge in [-0.2, -0.15) is 0 Å². The van der Waals surface area contributed by atoms with Crippen LogP contribution < -0.4 is 10.6 Å². The van der Waals surface area contributed by atoms with Crippen molar-refractivity contribution in [2.45, 2.75) is 108 Å². The Balaban J connectivity index is 1.27. The number of carbonyl (C=O) groups excluding carboxylic acids is 2. The number of anilines is 1. The summed E-state index contributed by atoms with van der Waals surface area (Å²) in [6, 6.07) is 24.9. The van der Waals surface area contributed by atoms with Gasteiger partial charge in [-0.1, -0.05) is 67.4 Å². The molecule has 2 heterocycles. The van der Waals surface area contributed by atoms with Gasteiger partial charge in [0.15, 0.2) is 6.29 Å². The predicted molar refractivity (Wildman–Crippen MR) is 183 cm³/mol. The normalized spacial score (nSPS) is 26.6. The molecule has 3 N–H and O–H groups in total. The van der Waals surface area contributed by atoms with Crippen molar-refractivity contribution in [3.63, 3.8) is 0 Å². The topological polar surface area (TPSA) is 100 Å². The second-order valence-electron chi connectivity index (χ2n) is 14.4. The lowest BCUT2D eigenvalue weighted by Crippen LogP contribution is -2.61. The molecule has 8 heteroatoms. The Morgan fingerprint density at radius 2 is 1.64 bits per heavy atom. The van der Waals surface area contributed by atoms with Gasteiger partial charge in [0.1, 0.15) is 0 Å². The minimum Gasteiger partial charge on any atom is -0.392 e. The molecule has 0 spiro atoms. The Kier molecular flexibility index (Phi) is 10.4. The van der Waals surface area contributed by atoms with E-state index in [9.17, 15) is 14.7 Å². The Labute approximate surface area is 278 Å². The first-order chi connectivity index (χ1) is 22.7. The average molecular weight is 640 g/mol. The smallest absolute Gasteiger partial charge is 0.255 e. The molecule has 3 aromatic carbocycles. The van der Waals surface area contributed by atoms with Crippen molar-refractivity contribution >= 4 is 17.5 Å². The maximum absolute atomic E-state index is 13.7. The van der Waals surface area contributed by atoms with Crippen LogP contribution in [0.15, 0.2) is 78.9 Å². The Morgan fingerprint density at radius 1 is 0.872 bits per heavy atom. The zero-order chi connectivity index (χ0) is 33.0. The highest BCUT2D eigenvalue weighted by Crippen LogP contribution is 2.42. The molecular formula is C39H49N3O5. The lowest BCUT2D eigenvalue weighted by Gasteiger charge is -2.50. The number of ether oxygens (including phenoxy) is 2. The van der Waals surface area contributed by atoms with E-state index in [-0.39, 0.29) is 42.2 Å². The van der Waals surface area contributed by atoms with Gasteiger partial charge in [-0.15, -0.1) is 0 Å². The van der Waals surface area contributed by atoms with Crippen molar-refractivity contribution in [1.82, 2.24) is 10.2 Å². The maximum Gasteiger partial charge on any atom is 0.255 e. The predicted octanol–water partition coefficient (Wildman–Crippen LogP) is 6.91. The Morgan fingerprint density at radius 3 is 2.38 bits per heavy atom. The molecule has 3 aromatic rings. The summed E-state index contributed by atoms with van der Waals surface area (Å²) in [4.78, 5) is 29.1. The van der Waals surface area contributed by atoms with Gasteiger partial charge in [0, 0.05) is 41.4 Å². The van der Waals surface area contributed by atoms with E-state index in [1.165, 1.54) is 19.3 Å². The van der Waals surface area contributed by atoms with Crippen LogP contribution in [0, 0.1) is 5.92 Å². The van der Waals surface area contributed by atoms with Crippen LogP contribution in [0.4, 0.5) is 5.69 Å². The van der Waals surface area contributed by atoms with Crippen molar-refractivity contribution in [1.29, 1.82) is 0 Å². The first kappa shape index (κ1) is 33.3. The number of aliphatic hydroxyl groups is 1. The van der Waals surface area contributed by atoms with Crippen LogP contribution in [0.25, 0.3) is 0 Å². The molecule has 8 nitrogen and oxygen atoms in total. The molecular weight excluding hydrogens is 590 g/mol. The molecule has 1 aliphatic carbocycles. The number of rotatable bonds is 8. The molecule has 0 bridgehead atoms. The third-order valence-electron chi connectivity index (χ3n) is 9.79. The summed E-state index contributed by atoms with van der Waals surface area (Å²) in [5.41, 5.74) is 3.62. The SMILES string of the molecule is CC(C)(C)NC(=O)C1CCC2CCCCC2N1CC1CC(c2ccc(CO)cc2)OC(c2cccc(NC(=O)c3ccccc3)c2)O1. The van der Waals surface area contributed by atoms with Crippen molar-refractivity contribution in [2.24, 2.45) is 5.92 Å². The van der Waals surface area contributed by atoms with E-state index in [0.29, 0.717) is 36.2 Å². The highest BCUT2D eigenvalue weighted by molar-refractivity contribution is 6.04. The lowest BCUT2D eigenvalue weighted by atomic mass is 9.75. The molecule has 3 aliphatic rings. The second-order valence-corrected chi connectivity index (χ2v) is 14.4. The van der Waals surface area contributed by atoms with Gasteiger partial charge in [-0.3, -0.25) is 14.5 Å². The van der Waals surface area contributed by atoms with Crippen molar-refractivity contribution in [3.8, 4) is 0 Å². The maximum atomic E-state index is 13.7. The molecule has 250 valence electrons. The third kappa shape index (κ3) is 8.30. The summed E-state index contributed by atoms with van der Waals surface area (Å²) in [6.45, 7) is 6.74. The van der Waals surface area contributed by atoms with Crippen LogP contribution in [0.3, 0.4) is 0 Å². The minimum atomic E-state index is -0.668. The first-order valence-electron chi connectivity index (χ1n) is 17.2. The molecule has 1 saturated carbocycles. The van der Waals surface area contributed by atoms with E-state index < -0.39 is 6.29 Å². The summed E-state index contributed by atoms with van der Waals surface area (Å²) < 4.78 is 13.4. The number of carbonyl (C=O) groups is 2. The van der Waals surface area contributed by atoms with E-state index in [1.807, 2.05) is 87.5 Å². The number of piperidine rings is 1. The zero-order valence-corrected chi connectivity index (χ0v) is 27.9. The van der Waals surface area contributed by atoms with Crippen LogP contribution in [0.2, 0.25) is 0 Å². The van der Waals surface area contributed by atoms with E-state index in [0.717, 1.165) is 36.0 Å². The highest BCUT2D eigenvalue weighted by atomic mass is 16.7.